The third-order valence-corrected chi connectivity index (χ3v) is 5.65. The van der Waals surface area contributed by atoms with Crippen molar-refractivity contribution in [1.82, 2.24) is 4.31 Å². The molecule has 116 valence electrons. The topological polar surface area (TPSA) is 75.4 Å². The smallest absolute Gasteiger partial charge is 0.301 e. The SMILES string of the molecule is CC1CCCN(S(=O)(=O)Nc2cc(Br)ccc2C(N)=S)C1. The molecule has 1 aliphatic heterocycles. The van der Waals surface area contributed by atoms with Crippen molar-refractivity contribution in [3.63, 3.8) is 0 Å². The average molecular weight is 392 g/mol. The summed E-state index contributed by atoms with van der Waals surface area (Å²) in [5.74, 6) is 0.368. The summed E-state index contributed by atoms with van der Waals surface area (Å²) >= 11 is 8.30. The molecule has 1 aromatic rings. The number of hydrogen-bond acceptors (Lipinski definition) is 3. The van der Waals surface area contributed by atoms with Gasteiger partial charge >= 0.3 is 10.2 Å². The molecule has 0 radical (unpaired) electrons. The van der Waals surface area contributed by atoms with E-state index < -0.39 is 10.2 Å². The molecule has 1 aliphatic rings. The zero-order valence-corrected chi connectivity index (χ0v) is 14.9. The molecular formula is C13H18BrN3O2S2. The highest BCUT2D eigenvalue weighted by Gasteiger charge is 2.27. The van der Waals surface area contributed by atoms with Crippen LogP contribution in [0.5, 0.6) is 0 Å². The zero-order chi connectivity index (χ0) is 15.6. The number of piperidine rings is 1. The van der Waals surface area contributed by atoms with E-state index in [-0.39, 0.29) is 4.99 Å². The Labute approximate surface area is 139 Å². The van der Waals surface area contributed by atoms with Crippen LogP contribution in [-0.4, -0.2) is 30.8 Å². The summed E-state index contributed by atoms with van der Waals surface area (Å²) in [6, 6.07) is 5.14. The second kappa shape index (κ2) is 6.60. The molecule has 1 unspecified atom stereocenters. The Balaban J connectivity index is 2.28. The fraction of sp³-hybridized carbons (Fsp3) is 0.462. The number of anilines is 1. The lowest BCUT2D eigenvalue weighted by atomic mass is 10.0. The van der Waals surface area contributed by atoms with Crippen molar-refractivity contribution in [2.75, 3.05) is 17.8 Å². The van der Waals surface area contributed by atoms with Crippen LogP contribution in [0.25, 0.3) is 0 Å². The van der Waals surface area contributed by atoms with Crippen LogP contribution >= 0.6 is 28.1 Å². The highest BCUT2D eigenvalue weighted by molar-refractivity contribution is 9.10. The van der Waals surface area contributed by atoms with E-state index in [4.69, 9.17) is 18.0 Å². The molecule has 0 saturated carbocycles. The van der Waals surface area contributed by atoms with Crippen molar-refractivity contribution in [2.24, 2.45) is 11.7 Å². The predicted octanol–water partition coefficient (Wildman–Crippen LogP) is 2.47. The van der Waals surface area contributed by atoms with Gasteiger partial charge in [0.1, 0.15) is 4.99 Å². The average Bonchev–Trinajstić information content (AvgIpc) is 2.38. The summed E-state index contributed by atoms with van der Waals surface area (Å²) in [6.45, 7) is 3.13. The van der Waals surface area contributed by atoms with Crippen molar-refractivity contribution in [3.05, 3.63) is 28.2 Å². The van der Waals surface area contributed by atoms with Crippen LogP contribution in [0.4, 0.5) is 5.69 Å². The molecule has 1 saturated heterocycles. The van der Waals surface area contributed by atoms with E-state index in [1.165, 1.54) is 4.31 Å². The van der Waals surface area contributed by atoms with Crippen LogP contribution in [0.2, 0.25) is 0 Å². The normalized spacial score (nSPS) is 20.2. The molecule has 2 rings (SSSR count). The highest BCUT2D eigenvalue weighted by Crippen LogP contribution is 2.25. The van der Waals surface area contributed by atoms with Crippen molar-refractivity contribution in [3.8, 4) is 0 Å². The Kier molecular flexibility index (Phi) is 5.24. The van der Waals surface area contributed by atoms with Crippen LogP contribution in [0.1, 0.15) is 25.3 Å². The molecule has 8 heteroatoms. The Hall–Kier alpha value is -0.700. The van der Waals surface area contributed by atoms with Gasteiger partial charge in [-0.25, -0.2) is 0 Å². The molecule has 3 N–H and O–H groups in total. The van der Waals surface area contributed by atoms with Gasteiger partial charge < -0.3 is 5.73 Å². The monoisotopic (exact) mass is 391 g/mol. The molecule has 1 fully saturated rings. The van der Waals surface area contributed by atoms with Gasteiger partial charge in [0.05, 0.1) is 5.69 Å². The van der Waals surface area contributed by atoms with E-state index in [1.54, 1.807) is 18.2 Å². The number of thiocarbonyl (C=S) groups is 1. The second-order valence-electron chi connectivity index (χ2n) is 5.27. The molecule has 1 heterocycles. The molecule has 21 heavy (non-hydrogen) atoms. The largest absolute Gasteiger partial charge is 0.389 e. The first-order valence-corrected chi connectivity index (χ1v) is 9.31. The van der Waals surface area contributed by atoms with Crippen LogP contribution in [0, 0.1) is 5.92 Å². The summed E-state index contributed by atoms with van der Waals surface area (Å²) in [5, 5.41) is 0. The molecule has 0 amide bonds. The molecular weight excluding hydrogens is 374 g/mol. The molecule has 0 spiro atoms. The molecule has 1 aromatic carbocycles. The number of nitrogens with one attached hydrogen (secondary N) is 1. The number of nitrogens with zero attached hydrogens (tertiary/aromatic N) is 1. The maximum atomic E-state index is 12.5. The highest BCUT2D eigenvalue weighted by atomic mass is 79.9. The quantitative estimate of drug-likeness (QED) is 0.772. The van der Waals surface area contributed by atoms with E-state index in [0.717, 1.165) is 17.3 Å². The first kappa shape index (κ1) is 16.7. The lowest BCUT2D eigenvalue weighted by Crippen LogP contribution is -2.42. The number of nitrogens with two attached hydrogens (primary N) is 1. The number of hydrogen-bond donors (Lipinski definition) is 2. The van der Waals surface area contributed by atoms with Gasteiger partial charge in [0.25, 0.3) is 0 Å². The van der Waals surface area contributed by atoms with Crippen molar-refractivity contribution in [2.45, 2.75) is 19.8 Å². The van der Waals surface area contributed by atoms with Crippen molar-refractivity contribution in [1.29, 1.82) is 0 Å². The Morgan fingerprint density at radius 1 is 1.52 bits per heavy atom. The minimum Gasteiger partial charge on any atom is -0.389 e. The van der Waals surface area contributed by atoms with E-state index in [2.05, 4.69) is 27.6 Å². The number of halogens is 1. The first-order valence-electron chi connectivity index (χ1n) is 6.67. The summed E-state index contributed by atoms with van der Waals surface area (Å²) in [7, 11) is -3.59. The van der Waals surface area contributed by atoms with Gasteiger partial charge in [-0.3, -0.25) is 4.72 Å². The van der Waals surface area contributed by atoms with E-state index >= 15 is 0 Å². The van der Waals surface area contributed by atoms with Gasteiger partial charge in [-0.15, -0.1) is 0 Å². The van der Waals surface area contributed by atoms with E-state index in [0.29, 0.717) is 30.3 Å². The van der Waals surface area contributed by atoms with Gasteiger partial charge in [0.2, 0.25) is 0 Å². The van der Waals surface area contributed by atoms with E-state index in [1.807, 2.05) is 0 Å². The minimum atomic E-state index is -3.59. The molecule has 1 atom stereocenters. The molecule has 0 aliphatic carbocycles. The number of rotatable bonds is 4. The Morgan fingerprint density at radius 2 is 2.24 bits per heavy atom. The van der Waals surface area contributed by atoms with Gasteiger partial charge in [-0.05, 0) is 37.0 Å². The summed E-state index contributed by atoms with van der Waals surface area (Å²) in [4.78, 5) is 0.159. The minimum absolute atomic E-state index is 0.159. The zero-order valence-electron chi connectivity index (χ0n) is 11.7. The Morgan fingerprint density at radius 3 is 2.86 bits per heavy atom. The first-order chi connectivity index (χ1) is 9.79. The molecule has 5 nitrogen and oxygen atoms in total. The standard InChI is InChI=1S/C13H18BrN3O2S2/c1-9-3-2-6-17(8-9)21(18,19)16-12-7-10(14)4-5-11(12)13(15)20/h4-5,7,9,16H,2-3,6,8H2,1H3,(H2,15,20). The van der Waals surface area contributed by atoms with Crippen LogP contribution in [-0.2, 0) is 10.2 Å². The number of benzene rings is 1. The summed E-state index contributed by atoms with van der Waals surface area (Å²) < 4.78 is 29.8. The van der Waals surface area contributed by atoms with Crippen LogP contribution in [0.3, 0.4) is 0 Å². The van der Waals surface area contributed by atoms with E-state index in [9.17, 15) is 8.42 Å². The Bertz CT molecular complexity index is 649. The van der Waals surface area contributed by atoms with Gasteiger partial charge in [0.15, 0.2) is 0 Å². The third kappa shape index (κ3) is 4.15. The van der Waals surface area contributed by atoms with Gasteiger partial charge in [-0.2, -0.15) is 12.7 Å². The summed E-state index contributed by atoms with van der Waals surface area (Å²) in [5.41, 5.74) is 6.57. The van der Waals surface area contributed by atoms with Gasteiger partial charge in [0, 0.05) is 23.1 Å². The predicted molar refractivity (Wildman–Crippen MR) is 92.5 cm³/mol. The van der Waals surface area contributed by atoms with Crippen LogP contribution < -0.4 is 10.5 Å². The maximum Gasteiger partial charge on any atom is 0.301 e. The maximum absolute atomic E-state index is 12.5. The third-order valence-electron chi connectivity index (χ3n) is 3.45. The van der Waals surface area contributed by atoms with Crippen molar-refractivity contribution < 1.29 is 8.42 Å². The lowest BCUT2D eigenvalue weighted by Gasteiger charge is -2.30. The fourth-order valence-corrected chi connectivity index (χ4v) is 4.32. The fourth-order valence-electron chi connectivity index (χ4n) is 2.38. The lowest BCUT2D eigenvalue weighted by molar-refractivity contribution is 0.282. The molecule has 0 bridgehead atoms. The van der Waals surface area contributed by atoms with Gasteiger partial charge in [-0.1, -0.05) is 35.1 Å². The second-order valence-corrected chi connectivity index (χ2v) is 8.29. The van der Waals surface area contributed by atoms with Crippen LogP contribution in [0.15, 0.2) is 22.7 Å². The van der Waals surface area contributed by atoms with Crippen molar-refractivity contribution >= 4 is 49.0 Å². The molecule has 0 aromatic heterocycles. The summed E-state index contributed by atoms with van der Waals surface area (Å²) in [6.07, 6.45) is 1.93.